The summed E-state index contributed by atoms with van der Waals surface area (Å²) < 4.78 is 18.2. The zero-order chi connectivity index (χ0) is 17.4. The fraction of sp³-hybridized carbons (Fsp3) is 0.400. The molecule has 1 aromatic rings. The molecule has 0 heterocycles. The first-order valence-corrected chi connectivity index (χ1v) is 7.42. The monoisotopic (exact) mass is 344 g/mol. The third kappa shape index (κ3) is 5.86. The van der Waals surface area contributed by atoms with E-state index in [4.69, 9.17) is 16.3 Å². The highest BCUT2D eigenvalue weighted by atomic mass is 35.5. The van der Waals surface area contributed by atoms with Crippen molar-refractivity contribution in [1.29, 1.82) is 0 Å². The summed E-state index contributed by atoms with van der Waals surface area (Å²) in [5.74, 6) is -2.91. The molecule has 8 heteroatoms. The lowest BCUT2D eigenvalue weighted by molar-refractivity contribution is -0.130. The second-order valence-corrected chi connectivity index (χ2v) is 5.16. The van der Waals surface area contributed by atoms with Crippen LogP contribution < -0.4 is 10.6 Å². The standard InChI is InChI=1S/C15H18ClFN2O4/c1-3-7-18-14(21)9(2)19-12(20)8-23-15(22)13-10(16)5-4-6-11(13)17/h4-6,9H,3,7-8H2,1-2H3,(H,18,21)(H,19,20)/t9-/m0/s1. The number of carbonyl (C=O) groups excluding carboxylic acids is 3. The molecule has 6 nitrogen and oxygen atoms in total. The molecule has 1 atom stereocenters. The number of ether oxygens (including phenoxy) is 1. The number of halogens is 2. The van der Waals surface area contributed by atoms with Crippen molar-refractivity contribution in [2.75, 3.05) is 13.2 Å². The van der Waals surface area contributed by atoms with Gasteiger partial charge in [0.25, 0.3) is 5.91 Å². The van der Waals surface area contributed by atoms with E-state index in [-0.39, 0.29) is 10.9 Å². The van der Waals surface area contributed by atoms with Gasteiger partial charge in [-0.25, -0.2) is 9.18 Å². The normalized spacial score (nSPS) is 11.5. The van der Waals surface area contributed by atoms with E-state index in [1.54, 1.807) is 0 Å². The van der Waals surface area contributed by atoms with Crippen molar-refractivity contribution in [3.05, 3.63) is 34.6 Å². The molecule has 0 saturated heterocycles. The van der Waals surface area contributed by atoms with E-state index in [2.05, 4.69) is 10.6 Å². The first kappa shape index (κ1) is 18.9. The van der Waals surface area contributed by atoms with Crippen LogP contribution in [-0.2, 0) is 14.3 Å². The van der Waals surface area contributed by atoms with Gasteiger partial charge in [0.2, 0.25) is 5.91 Å². The molecule has 0 bridgehead atoms. The molecule has 0 unspecified atom stereocenters. The molecule has 0 saturated carbocycles. The van der Waals surface area contributed by atoms with Crippen molar-refractivity contribution in [3.63, 3.8) is 0 Å². The van der Waals surface area contributed by atoms with E-state index in [1.165, 1.54) is 19.1 Å². The van der Waals surface area contributed by atoms with Crippen molar-refractivity contribution in [3.8, 4) is 0 Å². The molecule has 2 N–H and O–H groups in total. The average molecular weight is 345 g/mol. The lowest BCUT2D eigenvalue weighted by Gasteiger charge is -2.14. The molecule has 0 spiro atoms. The average Bonchev–Trinajstić information content (AvgIpc) is 2.50. The number of nitrogens with one attached hydrogen (secondary N) is 2. The summed E-state index contributed by atoms with van der Waals surface area (Å²) in [6.07, 6.45) is 0.771. The number of hydrogen-bond donors (Lipinski definition) is 2. The van der Waals surface area contributed by atoms with Crippen LogP contribution in [0, 0.1) is 5.82 Å². The van der Waals surface area contributed by atoms with Gasteiger partial charge >= 0.3 is 5.97 Å². The molecule has 0 aromatic heterocycles. The smallest absolute Gasteiger partial charge is 0.343 e. The summed E-state index contributed by atoms with van der Waals surface area (Å²) in [6.45, 7) is 3.25. The van der Waals surface area contributed by atoms with Crippen LogP contribution in [0.4, 0.5) is 4.39 Å². The number of rotatable bonds is 7. The SMILES string of the molecule is CCCNC(=O)[C@H](C)NC(=O)COC(=O)c1c(F)cccc1Cl. The Morgan fingerprint density at radius 3 is 2.65 bits per heavy atom. The first-order valence-electron chi connectivity index (χ1n) is 7.05. The fourth-order valence-corrected chi connectivity index (χ4v) is 1.89. The molecule has 1 aromatic carbocycles. The highest BCUT2D eigenvalue weighted by Gasteiger charge is 2.20. The van der Waals surface area contributed by atoms with Crippen LogP contribution in [-0.4, -0.2) is 37.0 Å². The van der Waals surface area contributed by atoms with E-state index in [9.17, 15) is 18.8 Å². The van der Waals surface area contributed by atoms with E-state index < -0.39 is 35.9 Å². The van der Waals surface area contributed by atoms with Gasteiger partial charge in [-0.05, 0) is 25.5 Å². The van der Waals surface area contributed by atoms with Gasteiger partial charge in [-0.15, -0.1) is 0 Å². The van der Waals surface area contributed by atoms with Gasteiger partial charge in [-0.2, -0.15) is 0 Å². The minimum absolute atomic E-state index is 0.109. The molecule has 126 valence electrons. The van der Waals surface area contributed by atoms with E-state index >= 15 is 0 Å². The summed E-state index contributed by atoms with van der Waals surface area (Å²) in [6, 6.07) is 2.96. The second-order valence-electron chi connectivity index (χ2n) is 4.75. The Bertz CT molecular complexity index is 575. The largest absolute Gasteiger partial charge is 0.452 e. The third-order valence-electron chi connectivity index (χ3n) is 2.82. The summed E-state index contributed by atoms with van der Waals surface area (Å²) in [5.41, 5.74) is -0.435. The first-order chi connectivity index (χ1) is 10.9. The fourth-order valence-electron chi connectivity index (χ4n) is 1.65. The van der Waals surface area contributed by atoms with Gasteiger partial charge in [0.15, 0.2) is 6.61 Å². The van der Waals surface area contributed by atoms with Crippen molar-refractivity contribution in [2.24, 2.45) is 0 Å². The lowest BCUT2D eigenvalue weighted by atomic mass is 10.2. The predicted molar refractivity (Wildman–Crippen MR) is 82.6 cm³/mol. The molecule has 23 heavy (non-hydrogen) atoms. The van der Waals surface area contributed by atoms with Crippen molar-refractivity contribution in [1.82, 2.24) is 10.6 Å². The van der Waals surface area contributed by atoms with Gasteiger partial charge < -0.3 is 15.4 Å². The molecule has 1 rings (SSSR count). The van der Waals surface area contributed by atoms with E-state index in [0.29, 0.717) is 6.54 Å². The second kappa shape index (κ2) is 9.09. The number of carbonyl (C=O) groups is 3. The van der Waals surface area contributed by atoms with Crippen LogP contribution in [0.1, 0.15) is 30.6 Å². The zero-order valence-electron chi connectivity index (χ0n) is 12.8. The maximum Gasteiger partial charge on any atom is 0.343 e. The Kier molecular flexibility index (Phi) is 7.47. The molecule has 2 amide bonds. The molecule has 0 aliphatic rings. The Morgan fingerprint density at radius 2 is 2.04 bits per heavy atom. The van der Waals surface area contributed by atoms with Crippen molar-refractivity contribution in [2.45, 2.75) is 26.3 Å². The van der Waals surface area contributed by atoms with Crippen LogP contribution in [0.3, 0.4) is 0 Å². The Morgan fingerprint density at radius 1 is 1.35 bits per heavy atom. The summed E-state index contributed by atoms with van der Waals surface area (Å²) in [5, 5.41) is 4.88. The molecule has 0 fully saturated rings. The van der Waals surface area contributed by atoms with Gasteiger partial charge in [0.05, 0.1) is 5.02 Å². The van der Waals surface area contributed by atoms with E-state index in [1.807, 2.05) is 6.92 Å². The van der Waals surface area contributed by atoms with E-state index in [0.717, 1.165) is 12.5 Å². The molecular formula is C15H18ClFN2O4. The summed E-state index contributed by atoms with van der Waals surface area (Å²) in [7, 11) is 0. The maximum absolute atomic E-state index is 13.5. The van der Waals surface area contributed by atoms with Crippen LogP contribution in [0.15, 0.2) is 18.2 Å². The van der Waals surface area contributed by atoms with Crippen LogP contribution in [0.5, 0.6) is 0 Å². The Labute approximate surface area is 138 Å². The highest BCUT2D eigenvalue weighted by molar-refractivity contribution is 6.33. The van der Waals surface area contributed by atoms with Gasteiger partial charge in [0, 0.05) is 6.54 Å². The molecule has 0 radical (unpaired) electrons. The summed E-state index contributed by atoms with van der Waals surface area (Å²) in [4.78, 5) is 35.0. The van der Waals surface area contributed by atoms with Crippen molar-refractivity contribution >= 4 is 29.4 Å². The summed E-state index contributed by atoms with van der Waals surface area (Å²) >= 11 is 5.72. The van der Waals surface area contributed by atoms with Gasteiger partial charge in [0.1, 0.15) is 17.4 Å². The number of amides is 2. The number of esters is 1. The topological polar surface area (TPSA) is 84.5 Å². The van der Waals surface area contributed by atoms with Crippen LogP contribution in [0.2, 0.25) is 5.02 Å². The van der Waals surface area contributed by atoms with Gasteiger partial charge in [-0.1, -0.05) is 24.6 Å². The zero-order valence-corrected chi connectivity index (χ0v) is 13.6. The number of benzene rings is 1. The van der Waals surface area contributed by atoms with Gasteiger partial charge in [-0.3, -0.25) is 9.59 Å². The molecule has 0 aliphatic carbocycles. The van der Waals surface area contributed by atoms with Crippen LogP contribution >= 0.6 is 11.6 Å². The minimum Gasteiger partial charge on any atom is -0.452 e. The number of hydrogen-bond acceptors (Lipinski definition) is 4. The molecule has 0 aliphatic heterocycles. The Hall–Kier alpha value is -2.15. The maximum atomic E-state index is 13.5. The quantitative estimate of drug-likeness (QED) is 0.737. The molecular weight excluding hydrogens is 327 g/mol. The lowest BCUT2D eigenvalue weighted by Crippen LogP contribution is -2.46. The Balaban J connectivity index is 2.50. The highest BCUT2D eigenvalue weighted by Crippen LogP contribution is 2.19. The predicted octanol–water partition coefficient (Wildman–Crippen LogP) is 1.67. The minimum atomic E-state index is -1.05. The van der Waals surface area contributed by atoms with Crippen LogP contribution in [0.25, 0.3) is 0 Å². The van der Waals surface area contributed by atoms with Crippen molar-refractivity contribution < 1.29 is 23.5 Å². The third-order valence-corrected chi connectivity index (χ3v) is 3.14.